The molecule has 0 aromatic heterocycles. The predicted molar refractivity (Wildman–Crippen MR) is 40.1 cm³/mol. The number of hydrogen-bond donors (Lipinski definition) is 1. The average Bonchev–Trinajstić information content (AvgIpc) is 1.60. The standard InChI is InChI=1S/C8H15N/c1-6(7(2)9)8-4-3-5-8/h4,6-7H,3,5,9H2,1-2H3. The van der Waals surface area contributed by atoms with Crippen LogP contribution in [0.3, 0.4) is 0 Å². The molecule has 0 aliphatic heterocycles. The SMILES string of the molecule is CC(N)C(C)C1=CCC1. The van der Waals surface area contributed by atoms with E-state index in [2.05, 4.69) is 19.9 Å². The van der Waals surface area contributed by atoms with Gasteiger partial charge in [0.2, 0.25) is 0 Å². The van der Waals surface area contributed by atoms with Gasteiger partial charge in [-0.2, -0.15) is 0 Å². The summed E-state index contributed by atoms with van der Waals surface area (Å²) >= 11 is 0. The fourth-order valence-corrected chi connectivity index (χ4v) is 1.06. The van der Waals surface area contributed by atoms with Crippen molar-refractivity contribution in [2.75, 3.05) is 0 Å². The van der Waals surface area contributed by atoms with Crippen molar-refractivity contribution < 1.29 is 0 Å². The molecule has 1 heteroatoms. The summed E-state index contributed by atoms with van der Waals surface area (Å²) in [6.45, 7) is 4.28. The van der Waals surface area contributed by atoms with Crippen molar-refractivity contribution >= 4 is 0 Å². The molecule has 2 N–H and O–H groups in total. The van der Waals surface area contributed by atoms with Crippen LogP contribution in [0.15, 0.2) is 11.6 Å². The average molecular weight is 125 g/mol. The fourth-order valence-electron chi connectivity index (χ4n) is 1.06. The molecule has 0 saturated heterocycles. The molecule has 1 nitrogen and oxygen atoms in total. The van der Waals surface area contributed by atoms with Gasteiger partial charge < -0.3 is 5.73 Å². The van der Waals surface area contributed by atoms with Crippen molar-refractivity contribution in [1.82, 2.24) is 0 Å². The molecule has 0 aromatic carbocycles. The van der Waals surface area contributed by atoms with E-state index in [1.165, 1.54) is 12.8 Å². The third kappa shape index (κ3) is 1.33. The minimum Gasteiger partial charge on any atom is -0.327 e. The Morgan fingerprint density at radius 2 is 2.11 bits per heavy atom. The van der Waals surface area contributed by atoms with Crippen molar-refractivity contribution in [3.63, 3.8) is 0 Å². The van der Waals surface area contributed by atoms with E-state index in [1.807, 2.05) is 0 Å². The van der Waals surface area contributed by atoms with E-state index in [0.29, 0.717) is 12.0 Å². The molecule has 0 radical (unpaired) electrons. The third-order valence-corrected chi connectivity index (χ3v) is 2.21. The highest BCUT2D eigenvalue weighted by molar-refractivity contribution is 5.16. The van der Waals surface area contributed by atoms with Gasteiger partial charge in [0, 0.05) is 6.04 Å². The van der Waals surface area contributed by atoms with Crippen LogP contribution < -0.4 is 5.73 Å². The summed E-state index contributed by atoms with van der Waals surface area (Å²) in [5.74, 6) is 0.610. The molecule has 0 aromatic rings. The quantitative estimate of drug-likeness (QED) is 0.558. The zero-order valence-electron chi connectivity index (χ0n) is 6.22. The Bertz CT molecular complexity index is 125. The topological polar surface area (TPSA) is 26.0 Å². The minimum atomic E-state index is 0.330. The van der Waals surface area contributed by atoms with Crippen LogP contribution in [0.1, 0.15) is 26.7 Å². The second-order valence-corrected chi connectivity index (χ2v) is 2.97. The van der Waals surface area contributed by atoms with Gasteiger partial charge in [0.05, 0.1) is 0 Å². The van der Waals surface area contributed by atoms with Crippen LogP contribution in [0.2, 0.25) is 0 Å². The lowest BCUT2D eigenvalue weighted by atomic mass is 9.84. The summed E-state index contributed by atoms with van der Waals surface area (Å²) in [6, 6.07) is 0.330. The maximum atomic E-state index is 5.71. The first-order valence-electron chi connectivity index (χ1n) is 3.66. The smallest absolute Gasteiger partial charge is 0.00734 e. The minimum absolute atomic E-state index is 0.330. The van der Waals surface area contributed by atoms with Crippen molar-refractivity contribution in [3.05, 3.63) is 11.6 Å². The first-order chi connectivity index (χ1) is 4.22. The second-order valence-electron chi connectivity index (χ2n) is 2.97. The highest BCUT2D eigenvalue weighted by Crippen LogP contribution is 2.26. The van der Waals surface area contributed by atoms with Gasteiger partial charge in [0.1, 0.15) is 0 Å². The lowest BCUT2D eigenvalue weighted by Crippen LogP contribution is -2.27. The van der Waals surface area contributed by atoms with Gasteiger partial charge in [0.25, 0.3) is 0 Å². The van der Waals surface area contributed by atoms with Gasteiger partial charge in [-0.15, -0.1) is 0 Å². The Kier molecular flexibility index (Phi) is 1.91. The molecular formula is C8H15N. The van der Waals surface area contributed by atoms with Crippen LogP contribution in [0.4, 0.5) is 0 Å². The molecule has 0 spiro atoms. The Morgan fingerprint density at radius 1 is 1.56 bits per heavy atom. The zero-order chi connectivity index (χ0) is 6.85. The summed E-state index contributed by atoms with van der Waals surface area (Å²) in [5.41, 5.74) is 7.27. The van der Waals surface area contributed by atoms with Crippen molar-refractivity contribution in [2.24, 2.45) is 11.7 Å². The molecule has 52 valence electrons. The normalized spacial score (nSPS) is 24.1. The van der Waals surface area contributed by atoms with Crippen LogP contribution >= 0.6 is 0 Å². The van der Waals surface area contributed by atoms with E-state index in [-0.39, 0.29) is 0 Å². The van der Waals surface area contributed by atoms with Gasteiger partial charge >= 0.3 is 0 Å². The molecule has 0 saturated carbocycles. The Morgan fingerprint density at radius 3 is 2.22 bits per heavy atom. The molecule has 1 rings (SSSR count). The maximum absolute atomic E-state index is 5.71. The number of allylic oxidation sites excluding steroid dienone is 1. The van der Waals surface area contributed by atoms with E-state index in [0.717, 1.165) is 0 Å². The highest BCUT2D eigenvalue weighted by Gasteiger charge is 2.16. The molecule has 1 aliphatic rings. The third-order valence-electron chi connectivity index (χ3n) is 2.21. The van der Waals surface area contributed by atoms with E-state index in [1.54, 1.807) is 5.57 Å². The molecular weight excluding hydrogens is 110 g/mol. The van der Waals surface area contributed by atoms with E-state index in [9.17, 15) is 0 Å². The molecule has 0 bridgehead atoms. The van der Waals surface area contributed by atoms with Crippen LogP contribution in [0.25, 0.3) is 0 Å². The van der Waals surface area contributed by atoms with Crippen molar-refractivity contribution in [1.29, 1.82) is 0 Å². The summed E-state index contributed by atoms with van der Waals surface area (Å²) in [6.07, 6.45) is 4.85. The van der Waals surface area contributed by atoms with E-state index in [4.69, 9.17) is 5.73 Å². The Balaban J connectivity index is 2.42. The number of rotatable bonds is 2. The van der Waals surface area contributed by atoms with Gasteiger partial charge in [-0.1, -0.05) is 18.6 Å². The lowest BCUT2D eigenvalue weighted by Gasteiger charge is -2.24. The fraction of sp³-hybridized carbons (Fsp3) is 0.750. The lowest BCUT2D eigenvalue weighted by molar-refractivity contribution is 0.516. The zero-order valence-corrected chi connectivity index (χ0v) is 6.22. The van der Waals surface area contributed by atoms with Gasteiger partial charge in [-0.05, 0) is 25.7 Å². The molecule has 0 fully saturated rings. The van der Waals surface area contributed by atoms with Crippen molar-refractivity contribution in [3.8, 4) is 0 Å². The van der Waals surface area contributed by atoms with Gasteiger partial charge in [0.15, 0.2) is 0 Å². The largest absolute Gasteiger partial charge is 0.327 e. The summed E-state index contributed by atoms with van der Waals surface area (Å²) in [7, 11) is 0. The molecule has 0 heterocycles. The van der Waals surface area contributed by atoms with E-state index < -0.39 is 0 Å². The van der Waals surface area contributed by atoms with Crippen LogP contribution in [-0.2, 0) is 0 Å². The van der Waals surface area contributed by atoms with Crippen LogP contribution in [0, 0.1) is 5.92 Å². The van der Waals surface area contributed by atoms with Gasteiger partial charge in [-0.3, -0.25) is 0 Å². The number of hydrogen-bond acceptors (Lipinski definition) is 1. The predicted octanol–water partition coefficient (Wildman–Crippen LogP) is 1.69. The van der Waals surface area contributed by atoms with Crippen LogP contribution in [-0.4, -0.2) is 6.04 Å². The molecule has 2 unspecified atom stereocenters. The first kappa shape index (κ1) is 6.81. The molecule has 2 atom stereocenters. The van der Waals surface area contributed by atoms with E-state index >= 15 is 0 Å². The van der Waals surface area contributed by atoms with Crippen molar-refractivity contribution in [2.45, 2.75) is 32.7 Å². The summed E-state index contributed by atoms with van der Waals surface area (Å²) < 4.78 is 0. The second kappa shape index (κ2) is 2.53. The maximum Gasteiger partial charge on any atom is 0.00734 e. The summed E-state index contributed by atoms with van der Waals surface area (Å²) in [4.78, 5) is 0. The van der Waals surface area contributed by atoms with Crippen LogP contribution in [0.5, 0.6) is 0 Å². The highest BCUT2D eigenvalue weighted by atomic mass is 14.6. The Hall–Kier alpha value is -0.300. The molecule has 9 heavy (non-hydrogen) atoms. The first-order valence-corrected chi connectivity index (χ1v) is 3.66. The summed E-state index contributed by atoms with van der Waals surface area (Å²) in [5, 5.41) is 0. The number of nitrogens with two attached hydrogens (primary N) is 1. The van der Waals surface area contributed by atoms with Gasteiger partial charge in [-0.25, -0.2) is 0 Å². The monoisotopic (exact) mass is 125 g/mol. The molecule has 0 amide bonds. The molecule has 1 aliphatic carbocycles. The Labute approximate surface area is 56.9 Å².